The molecule has 0 saturated carbocycles. The molecule has 0 aliphatic carbocycles. The van der Waals surface area contributed by atoms with Crippen LogP contribution in [0.25, 0.3) is 32.3 Å². The Morgan fingerprint density at radius 3 is 2.56 bits per heavy atom. The Hall–Kier alpha value is -4.13. The fraction of sp³-hybridized carbons (Fsp3) is 0.0800. The molecule has 0 unspecified atom stereocenters. The van der Waals surface area contributed by atoms with Gasteiger partial charge in [0.15, 0.2) is 0 Å². The van der Waals surface area contributed by atoms with E-state index in [2.05, 4.69) is 14.6 Å². The number of thiophene rings is 1. The van der Waals surface area contributed by atoms with E-state index in [1.54, 1.807) is 36.8 Å². The van der Waals surface area contributed by atoms with Crippen molar-refractivity contribution in [1.29, 1.82) is 0 Å². The minimum absolute atomic E-state index is 0.149. The van der Waals surface area contributed by atoms with Crippen molar-refractivity contribution in [3.05, 3.63) is 78.3 Å². The third kappa shape index (κ3) is 5.67. The monoisotopic (exact) mass is 568 g/mol. The minimum atomic E-state index is -4.55. The summed E-state index contributed by atoms with van der Waals surface area (Å²) in [6.07, 6.45) is 5.01. The maximum absolute atomic E-state index is 13.8. The maximum atomic E-state index is 13.8. The Labute approximate surface area is 225 Å². The zero-order valence-electron chi connectivity index (χ0n) is 20.1. The number of phosphoric ester groups is 1. The molecule has 0 aliphatic rings. The summed E-state index contributed by atoms with van der Waals surface area (Å²) >= 11 is 1.48. The molecule has 0 atom stereocenters. The second kappa shape index (κ2) is 10.6. The van der Waals surface area contributed by atoms with Gasteiger partial charge in [-0.2, -0.15) is 5.10 Å². The number of fused-ring (bicyclic) bond motifs is 1. The molecule has 5 rings (SSSR count). The largest absolute Gasteiger partial charge is 0.469 e. The molecular formula is C25H22FN6O5PS. The Balaban J connectivity index is 1.45. The summed E-state index contributed by atoms with van der Waals surface area (Å²) in [5.74, 6) is -0.144. The molecule has 39 heavy (non-hydrogen) atoms. The smallest absolute Gasteiger partial charge is 0.383 e. The summed E-state index contributed by atoms with van der Waals surface area (Å²) in [4.78, 5) is 35.5. The lowest BCUT2D eigenvalue weighted by atomic mass is 10.0. The topological polar surface area (TPSA) is 170 Å². The number of nitrogens with zero attached hydrogens (tertiary/aromatic N) is 4. The van der Waals surface area contributed by atoms with Gasteiger partial charge in [0.25, 0.3) is 0 Å². The first-order valence-corrected chi connectivity index (χ1v) is 13.9. The van der Waals surface area contributed by atoms with Gasteiger partial charge in [0.05, 0.1) is 30.7 Å². The van der Waals surface area contributed by atoms with Crippen molar-refractivity contribution in [2.45, 2.75) is 6.54 Å². The minimum Gasteiger partial charge on any atom is -0.383 e. The molecule has 5 aromatic rings. The van der Waals surface area contributed by atoms with Crippen molar-refractivity contribution in [2.75, 3.05) is 17.2 Å². The molecule has 0 bridgehead atoms. The van der Waals surface area contributed by atoms with Gasteiger partial charge >= 0.3 is 13.9 Å². The Bertz CT molecular complexity index is 1720. The Morgan fingerprint density at radius 2 is 1.87 bits per heavy atom. The van der Waals surface area contributed by atoms with Crippen LogP contribution in [0.3, 0.4) is 0 Å². The number of phosphoric acid groups is 1. The average molecular weight is 569 g/mol. The fourth-order valence-corrected chi connectivity index (χ4v) is 5.61. The van der Waals surface area contributed by atoms with E-state index in [4.69, 9.17) is 21.3 Å². The van der Waals surface area contributed by atoms with Crippen LogP contribution in [0.2, 0.25) is 0 Å². The Kier molecular flexibility index (Phi) is 7.17. The van der Waals surface area contributed by atoms with Gasteiger partial charge < -0.3 is 21.3 Å². The number of amides is 2. The van der Waals surface area contributed by atoms with E-state index in [0.29, 0.717) is 17.2 Å². The van der Waals surface area contributed by atoms with Crippen molar-refractivity contribution in [3.8, 4) is 22.3 Å². The molecule has 0 spiro atoms. The normalized spacial score (nSPS) is 11.7. The summed E-state index contributed by atoms with van der Waals surface area (Å²) in [5, 5.41) is 6.95. The molecule has 200 valence electrons. The van der Waals surface area contributed by atoms with Crippen LogP contribution in [0, 0.1) is 5.82 Å². The number of hydrogen-bond donors (Lipinski definition) is 4. The molecule has 0 aliphatic heterocycles. The van der Waals surface area contributed by atoms with Crippen molar-refractivity contribution < 1.29 is 28.1 Å². The van der Waals surface area contributed by atoms with Gasteiger partial charge in [-0.15, -0.1) is 11.3 Å². The number of carbonyl (C=O) groups is 1. The number of primary amides is 1. The van der Waals surface area contributed by atoms with Crippen molar-refractivity contribution in [3.63, 3.8) is 0 Å². The second-order valence-electron chi connectivity index (χ2n) is 8.43. The number of pyridine rings is 1. The number of hydrogen-bond acceptors (Lipinski definition) is 7. The highest BCUT2D eigenvalue weighted by Gasteiger charge is 2.19. The Morgan fingerprint density at radius 1 is 1.10 bits per heavy atom. The van der Waals surface area contributed by atoms with Crippen LogP contribution < -0.4 is 16.4 Å². The highest BCUT2D eigenvalue weighted by Crippen LogP contribution is 2.42. The van der Waals surface area contributed by atoms with E-state index < -0.39 is 19.7 Å². The molecule has 2 aromatic carbocycles. The molecule has 0 fully saturated rings. The van der Waals surface area contributed by atoms with Crippen LogP contribution in [0.5, 0.6) is 0 Å². The molecule has 11 nitrogen and oxygen atoms in total. The van der Waals surface area contributed by atoms with Crippen LogP contribution in [0.15, 0.2) is 72.5 Å². The van der Waals surface area contributed by atoms with Gasteiger partial charge in [0.1, 0.15) is 11.6 Å². The molecule has 0 radical (unpaired) electrons. The van der Waals surface area contributed by atoms with Gasteiger partial charge in [-0.25, -0.2) is 18.7 Å². The van der Waals surface area contributed by atoms with E-state index >= 15 is 0 Å². The average Bonchev–Trinajstić information content (AvgIpc) is 3.52. The van der Waals surface area contributed by atoms with Gasteiger partial charge in [0, 0.05) is 39.2 Å². The predicted octanol–water partition coefficient (Wildman–Crippen LogP) is 4.87. The van der Waals surface area contributed by atoms with Crippen LogP contribution in [-0.2, 0) is 15.6 Å². The highest BCUT2D eigenvalue weighted by atomic mass is 32.1. The fourth-order valence-electron chi connectivity index (χ4n) is 4.17. The van der Waals surface area contributed by atoms with Gasteiger partial charge in [-0.1, -0.05) is 18.2 Å². The summed E-state index contributed by atoms with van der Waals surface area (Å²) in [6.45, 7) is -0.0526. The molecule has 2 amide bonds. The maximum Gasteiger partial charge on any atom is 0.469 e. The highest BCUT2D eigenvalue weighted by molar-refractivity contribution is 7.46. The van der Waals surface area contributed by atoms with E-state index in [1.807, 2.05) is 17.5 Å². The first kappa shape index (κ1) is 26.5. The van der Waals surface area contributed by atoms with E-state index in [-0.39, 0.29) is 13.2 Å². The number of urea groups is 1. The van der Waals surface area contributed by atoms with E-state index in [9.17, 15) is 13.8 Å². The SMILES string of the molecule is NC(=O)N(c1ccc(-c2csc3c(-c4cnn(CCOP(=O)(O)O)c4)cnc(N)c23)cc1)c1cccc(F)c1. The standard InChI is InChI=1S/C25H22FN6O5PS/c26-17-2-1-3-19(10-17)32(25(28)33)18-6-4-15(5-7-18)21-14-39-23-20(12-29-24(27)22(21)23)16-11-30-31(13-16)8-9-37-38(34,35)36/h1-7,10-14H,8-9H2,(H2,27,29)(H2,28,33)(H2,34,35,36). The van der Waals surface area contributed by atoms with Crippen LogP contribution in [-0.4, -0.2) is 37.2 Å². The lowest BCUT2D eigenvalue weighted by Gasteiger charge is -2.21. The van der Waals surface area contributed by atoms with E-state index in [1.165, 1.54) is 39.1 Å². The van der Waals surface area contributed by atoms with Crippen LogP contribution >= 0.6 is 19.2 Å². The zero-order valence-corrected chi connectivity index (χ0v) is 21.8. The number of benzene rings is 2. The number of halogens is 1. The predicted molar refractivity (Wildman–Crippen MR) is 147 cm³/mol. The number of rotatable bonds is 8. The van der Waals surface area contributed by atoms with E-state index in [0.717, 1.165) is 32.3 Å². The number of carbonyl (C=O) groups excluding carboxylic acids is 1. The molecular weight excluding hydrogens is 546 g/mol. The second-order valence-corrected chi connectivity index (χ2v) is 10.5. The lowest BCUT2D eigenvalue weighted by molar-refractivity contribution is 0.188. The molecule has 3 aromatic heterocycles. The summed E-state index contributed by atoms with van der Waals surface area (Å²) in [5.41, 5.74) is 15.9. The summed E-state index contributed by atoms with van der Waals surface area (Å²) in [7, 11) is -4.55. The summed E-state index contributed by atoms with van der Waals surface area (Å²) in [6, 6.07) is 11.9. The first-order chi connectivity index (χ1) is 18.6. The number of nitrogens with two attached hydrogens (primary N) is 2. The zero-order chi connectivity index (χ0) is 27.7. The first-order valence-electron chi connectivity index (χ1n) is 11.4. The number of anilines is 3. The summed E-state index contributed by atoms with van der Waals surface area (Å²) < 4.78 is 31.5. The number of nitrogen functional groups attached to an aromatic ring is 1. The third-order valence-corrected chi connectivity index (χ3v) is 7.40. The quantitative estimate of drug-likeness (QED) is 0.192. The van der Waals surface area contributed by atoms with Gasteiger partial charge in [0.2, 0.25) is 0 Å². The van der Waals surface area contributed by atoms with Crippen molar-refractivity contribution in [2.24, 2.45) is 5.73 Å². The molecule has 14 heteroatoms. The molecule has 6 N–H and O–H groups in total. The third-order valence-electron chi connectivity index (χ3n) is 5.87. The van der Waals surface area contributed by atoms with Crippen molar-refractivity contribution >= 4 is 52.5 Å². The van der Waals surface area contributed by atoms with Gasteiger partial charge in [-0.05, 0) is 41.3 Å². The van der Waals surface area contributed by atoms with Gasteiger partial charge in [-0.3, -0.25) is 14.1 Å². The lowest BCUT2D eigenvalue weighted by Crippen LogP contribution is -2.31. The van der Waals surface area contributed by atoms with Crippen molar-refractivity contribution in [1.82, 2.24) is 14.8 Å². The molecule has 3 heterocycles. The van der Waals surface area contributed by atoms with Crippen LogP contribution in [0.4, 0.5) is 26.4 Å². The van der Waals surface area contributed by atoms with Crippen LogP contribution in [0.1, 0.15) is 0 Å². The number of aromatic nitrogens is 3. The molecule has 0 saturated heterocycles.